The van der Waals surface area contributed by atoms with E-state index in [1.807, 2.05) is 18.4 Å². The molecule has 0 saturated heterocycles. The molecule has 1 aromatic carbocycles. The van der Waals surface area contributed by atoms with Gasteiger partial charge in [0, 0.05) is 10.9 Å². The van der Waals surface area contributed by atoms with E-state index in [4.69, 9.17) is 0 Å². The van der Waals surface area contributed by atoms with Gasteiger partial charge >= 0.3 is 0 Å². The summed E-state index contributed by atoms with van der Waals surface area (Å²) in [6.45, 7) is 0. The summed E-state index contributed by atoms with van der Waals surface area (Å²) in [6, 6.07) is 7.55. The average molecular weight is 226 g/mol. The summed E-state index contributed by atoms with van der Waals surface area (Å²) in [5.41, 5.74) is 1.89. The molecule has 0 fully saturated rings. The molecular weight excluding hydrogens is 216 g/mol. The largest absolute Gasteiger partial charge is 0.285 e. The predicted molar refractivity (Wildman–Crippen MR) is 53.4 cm³/mol. The predicted octanol–water partition coefficient (Wildman–Crippen LogP) is 2.47. The van der Waals surface area contributed by atoms with Gasteiger partial charge in [-0.25, -0.2) is 0 Å². The van der Waals surface area contributed by atoms with E-state index in [2.05, 4.69) is 15.9 Å². The van der Waals surface area contributed by atoms with E-state index in [0.29, 0.717) is 5.56 Å². The maximum Gasteiger partial charge on any atom is 0.233 e. The van der Waals surface area contributed by atoms with Crippen LogP contribution in [-0.2, 0) is 11.2 Å². The highest BCUT2D eigenvalue weighted by Crippen LogP contribution is 2.05. The standard InChI is InChI=1S/C10H10BrO/c11-7-1-2-9-3-5-10(8-12)6-4-9/h3-6H,1-2,7H2. The van der Waals surface area contributed by atoms with Gasteiger partial charge in [0.1, 0.15) is 0 Å². The number of rotatable bonds is 4. The molecule has 0 atom stereocenters. The van der Waals surface area contributed by atoms with Crippen molar-refractivity contribution >= 4 is 22.2 Å². The molecule has 1 radical (unpaired) electrons. The number of hydrogen-bond acceptors (Lipinski definition) is 1. The molecule has 0 N–H and O–H groups in total. The first-order chi connectivity index (χ1) is 5.86. The number of aryl methyl sites for hydroxylation is 1. The molecule has 0 saturated carbocycles. The van der Waals surface area contributed by atoms with Gasteiger partial charge < -0.3 is 0 Å². The van der Waals surface area contributed by atoms with E-state index in [1.54, 1.807) is 12.1 Å². The molecule has 1 aromatic rings. The number of hydrogen-bond donors (Lipinski definition) is 0. The van der Waals surface area contributed by atoms with Crippen LogP contribution in [0.3, 0.4) is 0 Å². The maximum atomic E-state index is 10.2. The molecule has 0 aliphatic heterocycles. The van der Waals surface area contributed by atoms with Crippen LogP contribution in [0.1, 0.15) is 17.5 Å². The van der Waals surface area contributed by atoms with Crippen LogP contribution < -0.4 is 0 Å². The fraction of sp³-hybridized carbons (Fsp3) is 0.300. The number of carbonyl (C=O) groups excluding carboxylic acids is 1. The molecule has 2 heteroatoms. The number of halogens is 1. The summed E-state index contributed by atoms with van der Waals surface area (Å²) < 4.78 is 0. The third kappa shape index (κ3) is 2.78. The second-order valence-electron chi connectivity index (χ2n) is 2.59. The molecule has 0 bridgehead atoms. The Morgan fingerprint density at radius 3 is 2.42 bits per heavy atom. The van der Waals surface area contributed by atoms with Gasteiger partial charge in [0.2, 0.25) is 6.29 Å². The molecule has 12 heavy (non-hydrogen) atoms. The zero-order chi connectivity index (χ0) is 8.81. The minimum Gasteiger partial charge on any atom is -0.285 e. The monoisotopic (exact) mass is 225 g/mol. The van der Waals surface area contributed by atoms with E-state index >= 15 is 0 Å². The van der Waals surface area contributed by atoms with Gasteiger partial charge in [-0.3, -0.25) is 4.79 Å². The van der Waals surface area contributed by atoms with Crippen molar-refractivity contribution in [3.8, 4) is 0 Å². The van der Waals surface area contributed by atoms with Crippen LogP contribution in [-0.4, -0.2) is 11.6 Å². The first-order valence-electron chi connectivity index (χ1n) is 3.90. The zero-order valence-corrected chi connectivity index (χ0v) is 8.30. The molecule has 1 rings (SSSR count). The Labute approximate surface area is 80.9 Å². The van der Waals surface area contributed by atoms with Crippen LogP contribution >= 0.6 is 15.9 Å². The quantitative estimate of drug-likeness (QED) is 0.720. The van der Waals surface area contributed by atoms with Gasteiger partial charge in [-0.05, 0) is 18.4 Å². The maximum absolute atomic E-state index is 10.2. The highest BCUT2D eigenvalue weighted by molar-refractivity contribution is 9.09. The van der Waals surface area contributed by atoms with Crippen LogP contribution in [0.2, 0.25) is 0 Å². The van der Waals surface area contributed by atoms with Crippen molar-refractivity contribution in [1.29, 1.82) is 0 Å². The Kier molecular flexibility index (Phi) is 4.01. The normalized spacial score (nSPS) is 9.75. The Hall–Kier alpha value is -0.630. The molecule has 0 aliphatic carbocycles. The molecule has 0 amide bonds. The minimum absolute atomic E-state index is 0.623. The van der Waals surface area contributed by atoms with Gasteiger partial charge in [-0.1, -0.05) is 40.2 Å². The van der Waals surface area contributed by atoms with Gasteiger partial charge in [-0.2, -0.15) is 0 Å². The molecule has 0 spiro atoms. The summed E-state index contributed by atoms with van der Waals surface area (Å²) in [5, 5.41) is 1.02. The summed E-state index contributed by atoms with van der Waals surface area (Å²) in [4.78, 5) is 10.2. The highest BCUT2D eigenvalue weighted by Gasteiger charge is 1.93. The molecule has 0 heterocycles. The lowest BCUT2D eigenvalue weighted by atomic mass is 10.1. The second kappa shape index (κ2) is 5.09. The Bertz CT molecular complexity index is 241. The summed E-state index contributed by atoms with van der Waals surface area (Å²) in [5.74, 6) is 0. The van der Waals surface area contributed by atoms with Crippen LogP contribution in [0.4, 0.5) is 0 Å². The SMILES string of the molecule is O=[C]c1ccc(CCCBr)cc1. The number of alkyl halides is 1. The highest BCUT2D eigenvalue weighted by atomic mass is 79.9. The van der Waals surface area contributed by atoms with Crippen molar-refractivity contribution in [1.82, 2.24) is 0 Å². The lowest BCUT2D eigenvalue weighted by Gasteiger charge is -1.97. The van der Waals surface area contributed by atoms with Crippen LogP contribution in [0.5, 0.6) is 0 Å². The lowest BCUT2D eigenvalue weighted by molar-refractivity contribution is 0.563. The van der Waals surface area contributed by atoms with Crippen molar-refractivity contribution in [2.45, 2.75) is 12.8 Å². The fourth-order valence-corrected chi connectivity index (χ4v) is 1.29. The molecule has 0 aromatic heterocycles. The Morgan fingerprint density at radius 2 is 1.92 bits per heavy atom. The van der Waals surface area contributed by atoms with E-state index in [9.17, 15) is 4.79 Å². The van der Waals surface area contributed by atoms with Gasteiger partial charge in [0.25, 0.3) is 0 Å². The van der Waals surface area contributed by atoms with Gasteiger partial charge in [0.15, 0.2) is 0 Å². The Morgan fingerprint density at radius 1 is 1.25 bits per heavy atom. The zero-order valence-electron chi connectivity index (χ0n) is 6.72. The van der Waals surface area contributed by atoms with Crippen LogP contribution in [0.25, 0.3) is 0 Å². The van der Waals surface area contributed by atoms with E-state index in [0.717, 1.165) is 18.2 Å². The molecule has 63 valence electrons. The van der Waals surface area contributed by atoms with Crippen molar-refractivity contribution in [2.75, 3.05) is 5.33 Å². The first-order valence-corrected chi connectivity index (χ1v) is 5.02. The van der Waals surface area contributed by atoms with Crippen molar-refractivity contribution < 1.29 is 4.79 Å². The molecular formula is C10H10BrO. The van der Waals surface area contributed by atoms with Gasteiger partial charge in [0.05, 0.1) is 0 Å². The smallest absolute Gasteiger partial charge is 0.233 e. The van der Waals surface area contributed by atoms with Crippen LogP contribution in [0, 0.1) is 0 Å². The van der Waals surface area contributed by atoms with E-state index in [-0.39, 0.29) is 0 Å². The average Bonchev–Trinajstić information content (AvgIpc) is 2.15. The molecule has 1 nitrogen and oxygen atoms in total. The van der Waals surface area contributed by atoms with Crippen LogP contribution in [0.15, 0.2) is 24.3 Å². The second-order valence-corrected chi connectivity index (χ2v) is 3.38. The summed E-state index contributed by atoms with van der Waals surface area (Å²) >= 11 is 3.37. The van der Waals surface area contributed by atoms with E-state index in [1.165, 1.54) is 5.56 Å². The topological polar surface area (TPSA) is 17.1 Å². The lowest BCUT2D eigenvalue weighted by Crippen LogP contribution is -1.87. The fourth-order valence-electron chi connectivity index (χ4n) is 1.01. The van der Waals surface area contributed by atoms with Crippen molar-refractivity contribution in [3.63, 3.8) is 0 Å². The molecule has 0 aliphatic rings. The van der Waals surface area contributed by atoms with E-state index < -0.39 is 0 Å². The molecule has 0 unspecified atom stereocenters. The summed E-state index contributed by atoms with van der Waals surface area (Å²) in [7, 11) is 0. The third-order valence-electron chi connectivity index (χ3n) is 1.67. The third-order valence-corrected chi connectivity index (χ3v) is 2.23. The van der Waals surface area contributed by atoms with Crippen molar-refractivity contribution in [2.24, 2.45) is 0 Å². The number of benzene rings is 1. The first kappa shape index (κ1) is 9.46. The Balaban J connectivity index is 2.58. The minimum atomic E-state index is 0.623. The summed E-state index contributed by atoms with van der Waals surface area (Å²) in [6.07, 6.45) is 4.04. The van der Waals surface area contributed by atoms with Gasteiger partial charge in [-0.15, -0.1) is 0 Å². The van der Waals surface area contributed by atoms with Crippen molar-refractivity contribution in [3.05, 3.63) is 35.4 Å².